The number of hydrogen-bond acceptors (Lipinski definition) is 5. The highest BCUT2D eigenvalue weighted by molar-refractivity contribution is 5.93. The van der Waals surface area contributed by atoms with E-state index in [0.29, 0.717) is 17.9 Å². The highest BCUT2D eigenvalue weighted by Gasteiger charge is 2.20. The van der Waals surface area contributed by atoms with Crippen molar-refractivity contribution in [2.75, 3.05) is 12.3 Å². The maximum Gasteiger partial charge on any atom is 0.341 e. The summed E-state index contributed by atoms with van der Waals surface area (Å²) in [4.78, 5) is 19.1. The molecular weight excluding hydrogens is 222 g/mol. The van der Waals surface area contributed by atoms with Crippen molar-refractivity contribution in [2.45, 2.75) is 32.3 Å². The Bertz CT molecular complexity index is 419. The van der Waals surface area contributed by atoms with E-state index in [-0.39, 0.29) is 17.5 Å². The van der Waals surface area contributed by atoms with Crippen LogP contribution < -0.4 is 5.73 Å². The number of carboxylic acid groups (broad SMARTS) is 1. The minimum Gasteiger partial charge on any atom is -0.477 e. The van der Waals surface area contributed by atoms with Crippen LogP contribution in [0.3, 0.4) is 0 Å². The lowest BCUT2D eigenvalue weighted by molar-refractivity contribution is 0.0696. The maximum absolute atomic E-state index is 10.9. The molecule has 1 aromatic rings. The van der Waals surface area contributed by atoms with Crippen LogP contribution in [0.4, 0.5) is 5.82 Å². The Morgan fingerprint density at radius 1 is 1.59 bits per heavy atom. The van der Waals surface area contributed by atoms with E-state index in [0.717, 1.165) is 19.4 Å². The third-order valence-electron chi connectivity index (χ3n) is 2.81. The van der Waals surface area contributed by atoms with Crippen molar-refractivity contribution >= 4 is 11.8 Å². The first kappa shape index (κ1) is 11.8. The molecule has 1 saturated heterocycles. The van der Waals surface area contributed by atoms with Crippen molar-refractivity contribution < 1.29 is 14.6 Å². The van der Waals surface area contributed by atoms with E-state index < -0.39 is 5.97 Å². The van der Waals surface area contributed by atoms with Crippen LogP contribution in [0, 0.1) is 6.92 Å². The number of aromatic nitrogens is 2. The topological polar surface area (TPSA) is 98.3 Å². The Balaban J connectivity index is 2.22. The highest BCUT2D eigenvalue weighted by atomic mass is 16.5. The lowest BCUT2D eigenvalue weighted by Crippen LogP contribution is -2.16. The number of nitrogens with two attached hydrogens (primary N) is 1. The second-order valence-corrected chi connectivity index (χ2v) is 4.13. The van der Waals surface area contributed by atoms with Crippen LogP contribution in [0.25, 0.3) is 0 Å². The van der Waals surface area contributed by atoms with Gasteiger partial charge in [-0.05, 0) is 19.8 Å². The van der Waals surface area contributed by atoms with Gasteiger partial charge in [0.1, 0.15) is 17.2 Å². The minimum atomic E-state index is -1.09. The van der Waals surface area contributed by atoms with E-state index in [9.17, 15) is 4.79 Å². The molecular formula is C11H15N3O3. The molecule has 0 bridgehead atoms. The van der Waals surface area contributed by atoms with Crippen LogP contribution in [0.2, 0.25) is 0 Å². The summed E-state index contributed by atoms with van der Waals surface area (Å²) in [6, 6.07) is 0. The van der Waals surface area contributed by atoms with Crippen molar-refractivity contribution in [3.05, 3.63) is 17.1 Å². The van der Waals surface area contributed by atoms with Gasteiger partial charge in [0, 0.05) is 13.0 Å². The molecule has 6 nitrogen and oxygen atoms in total. The Labute approximate surface area is 98.8 Å². The molecule has 1 aliphatic heterocycles. The average Bonchev–Trinajstić information content (AvgIpc) is 2.68. The molecule has 6 heteroatoms. The van der Waals surface area contributed by atoms with Gasteiger partial charge in [-0.1, -0.05) is 0 Å². The van der Waals surface area contributed by atoms with Gasteiger partial charge in [0.2, 0.25) is 0 Å². The quantitative estimate of drug-likeness (QED) is 0.806. The van der Waals surface area contributed by atoms with Crippen molar-refractivity contribution in [3.8, 4) is 0 Å². The summed E-state index contributed by atoms with van der Waals surface area (Å²) in [6.45, 7) is 2.40. The molecule has 0 aliphatic carbocycles. The fourth-order valence-corrected chi connectivity index (χ4v) is 2.02. The average molecular weight is 237 g/mol. The molecule has 1 atom stereocenters. The molecule has 1 aliphatic rings. The van der Waals surface area contributed by atoms with E-state index in [1.165, 1.54) is 0 Å². The number of aryl methyl sites for hydroxylation is 1. The Hall–Kier alpha value is -1.69. The zero-order valence-electron chi connectivity index (χ0n) is 9.64. The van der Waals surface area contributed by atoms with E-state index in [1.807, 2.05) is 0 Å². The summed E-state index contributed by atoms with van der Waals surface area (Å²) in [5.74, 6) is -0.515. The van der Waals surface area contributed by atoms with Crippen molar-refractivity contribution in [1.29, 1.82) is 0 Å². The van der Waals surface area contributed by atoms with Crippen LogP contribution in [-0.4, -0.2) is 33.8 Å². The number of aromatic carboxylic acids is 1. The van der Waals surface area contributed by atoms with Crippen LogP contribution >= 0.6 is 0 Å². The lowest BCUT2D eigenvalue weighted by Gasteiger charge is -2.10. The van der Waals surface area contributed by atoms with Crippen LogP contribution in [0.5, 0.6) is 0 Å². The van der Waals surface area contributed by atoms with E-state index >= 15 is 0 Å². The number of anilines is 1. The van der Waals surface area contributed by atoms with E-state index in [1.54, 1.807) is 6.92 Å². The monoisotopic (exact) mass is 237 g/mol. The molecule has 0 saturated carbocycles. The van der Waals surface area contributed by atoms with E-state index in [4.69, 9.17) is 15.6 Å². The third kappa shape index (κ3) is 2.52. The summed E-state index contributed by atoms with van der Waals surface area (Å²) in [5.41, 5.74) is 6.01. The van der Waals surface area contributed by atoms with Gasteiger partial charge >= 0.3 is 5.97 Å². The van der Waals surface area contributed by atoms with Crippen molar-refractivity contribution in [2.24, 2.45) is 0 Å². The number of ether oxygens (including phenoxy) is 1. The summed E-state index contributed by atoms with van der Waals surface area (Å²) in [5, 5.41) is 8.94. The normalized spacial score (nSPS) is 19.5. The van der Waals surface area contributed by atoms with E-state index in [2.05, 4.69) is 9.97 Å². The van der Waals surface area contributed by atoms with Gasteiger partial charge in [-0.3, -0.25) is 0 Å². The molecule has 92 valence electrons. The molecule has 3 N–H and O–H groups in total. The zero-order chi connectivity index (χ0) is 12.4. The summed E-state index contributed by atoms with van der Waals surface area (Å²) in [6.07, 6.45) is 2.75. The first-order valence-corrected chi connectivity index (χ1v) is 5.56. The molecule has 0 radical (unpaired) electrons. The van der Waals surface area contributed by atoms with Gasteiger partial charge in [-0.25, -0.2) is 14.8 Å². The number of nitrogen functional groups attached to an aromatic ring is 1. The molecule has 1 aromatic heterocycles. The van der Waals surface area contributed by atoms with Gasteiger partial charge in [-0.15, -0.1) is 0 Å². The van der Waals surface area contributed by atoms with Gasteiger partial charge in [0.05, 0.1) is 11.8 Å². The Morgan fingerprint density at radius 2 is 2.35 bits per heavy atom. The molecule has 2 rings (SSSR count). The zero-order valence-corrected chi connectivity index (χ0v) is 9.64. The number of hydrogen-bond donors (Lipinski definition) is 2. The number of carbonyl (C=O) groups is 1. The molecule has 17 heavy (non-hydrogen) atoms. The maximum atomic E-state index is 10.9. The summed E-state index contributed by atoms with van der Waals surface area (Å²) >= 11 is 0. The molecule has 1 unspecified atom stereocenters. The molecule has 0 aromatic carbocycles. The molecule has 0 spiro atoms. The standard InChI is InChI=1S/C11H15N3O3/c1-6-9(11(15)16)10(12)14-8(13-6)5-7-3-2-4-17-7/h7H,2-5H2,1H3,(H,15,16)(H2,12,13,14). The molecule has 2 heterocycles. The van der Waals surface area contributed by atoms with Gasteiger partial charge in [0.25, 0.3) is 0 Å². The van der Waals surface area contributed by atoms with Crippen LogP contribution in [0.1, 0.15) is 34.7 Å². The predicted octanol–water partition coefficient (Wildman–Crippen LogP) is 0.787. The number of rotatable bonds is 3. The van der Waals surface area contributed by atoms with Crippen molar-refractivity contribution in [1.82, 2.24) is 9.97 Å². The SMILES string of the molecule is Cc1nc(CC2CCCO2)nc(N)c1C(=O)O. The minimum absolute atomic E-state index is 0.0129. The fourth-order valence-electron chi connectivity index (χ4n) is 2.02. The summed E-state index contributed by atoms with van der Waals surface area (Å²) < 4.78 is 5.48. The number of carboxylic acids is 1. The second-order valence-electron chi connectivity index (χ2n) is 4.13. The van der Waals surface area contributed by atoms with Gasteiger partial charge in [-0.2, -0.15) is 0 Å². The van der Waals surface area contributed by atoms with Crippen molar-refractivity contribution in [3.63, 3.8) is 0 Å². The van der Waals surface area contributed by atoms with Gasteiger partial charge < -0.3 is 15.6 Å². The lowest BCUT2D eigenvalue weighted by atomic mass is 10.1. The van der Waals surface area contributed by atoms with Crippen LogP contribution in [0.15, 0.2) is 0 Å². The second kappa shape index (κ2) is 4.67. The largest absolute Gasteiger partial charge is 0.477 e. The Morgan fingerprint density at radius 3 is 2.88 bits per heavy atom. The molecule has 1 fully saturated rings. The first-order valence-electron chi connectivity index (χ1n) is 5.56. The summed E-state index contributed by atoms with van der Waals surface area (Å²) in [7, 11) is 0. The van der Waals surface area contributed by atoms with Gasteiger partial charge in [0.15, 0.2) is 0 Å². The smallest absolute Gasteiger partial charge is 0.341 e. The first-order chi connectivity index (χ1) is 8.08. The van der Waals surface area contributed by atoms with Crippen LogP contribution in [-0.2, 0) is 11.2 Å². The fraction of sp³-hybridized carbons (Fsp3) is 0.545. The number of nitrogens with zero attached hydrogens (tertiary/aromatic N) is 2. The third-order valence-corrected chi connectivity index (χ3v) is 2.81. The highest BCUT2D eigenvalue weighted by Crippen LogP contribution is 2.18. The Kier molecular flexibility index (Phi) is 3.23. The molecule has 0 amide bonds. The predicted molar refractivity (Wildman–Crippen MR) is 60.8 cm³/mol.